The lowest BCUT2D eigenvalue weighted by molar-refractivity contribution is -0.140. The minimum absolute atomic E-state index is 0.0494. The van der Waals surface area contributed by atoms with Crippen LogP contribution in [0.3, 0.4) is 0 Å². The smallest absolute Gasteiger partial charge is 0.333 e. The lowest BCUT2D eigenvalue weighted by atomic mass is 9.85. The summed E-state index contributed by atoms with van der Waals surface area (Å²) in [5, 5.41) is 9.16. The van der Waals surface area contributed by atoms with Gasteiger partial charge in [-0.2, -0.15) is 10.2 Å². The fourth-order valence-corrected chi connectivity index (χ4v) is 4.50. The molecule has 4 rings (SSSR count). The van der Waals surface area contributed by atoms with E-state index in [4.69, 9.17) is 9.47 Å². The number of carbonyl (C=O) groups excluding carboxylic acids is 2. The average Bonchev–Trinajstić information content (AvgIpc) is 3.17. The zero-order valence-corrected chi connectivity index (χ0v) is 23.0. The Morgan fingerprint density at radius 2 is 1.79 bits per heavy atom. The van der Waals surface area contributed by atoms with Crippen LogP contribution < -0.4 is 9.64 Å². The number of anilines is 1. The number of amides is 1. The van der Waals surface area contributed by atoms with Crippen molar-refractivity contribution in [1.82, 2.24) is 0 Å². The monoisotopic (exact) mass is 525 g/mol. The molecule has 3 aromatic rings. The van der Waals surface area contributed by atoms with E-state index in [-0.39, 0.29) is 23.8 Å². The number of rotatable bonds is 11. The van der Waals surface area contributed by atoms with Crippen molar-refractivity contribution in [3.05, 3.63) is 102 Å². The molecule has 0 fully saturated rings. The summed E-state index contributed by atoms with van der Waals surface area (Å²) in [6.07, 6.45) is 0.839. The number of fused-ring (bicyclic) bond motifs is 1. The molecule has 0 saturated heterocycles. The minimum atomic E-state index is -1.47. The number of ether oxygens (including phenoxy) is 2. The molecule has 0 spiro atoms. The zero-order chi connectivity index (χ0) is 28.0. The summed E-state index contributed by atoms with van der Waals surface area (Å²) in [4.78, 5) is 29.0. The Morgan fingerprint density at radius 1 is 1.08 bits per heavy atom. The standard InChI is InChI=1S/C32H35N3O4/c1-6-22(2)21-39-30(36)24(4)19-32(34-33-26-13-15-27(38-5)16-14-26)28-17-12-23(3)18-29(28)35(31(32)37)20-25-10-8-7-9-11-25/h7-18,22H,4,6,19-21H2,1-3,5H3. The molecule has 202 valence electrons. The van der Waals surface area contributed by atoms with E-state index in [1.807, 2.05) is 69.3 Å². The summed E-state index contributed by atoms with van der Waals surface area (Å²) in [5.74, 6) is 0.119. The Morgan fingerprint density at radius 3 is 2.46 bits per heavy atom. The lowest BCUT2D eigenvalue weighted by Crippen LogP contribution is -2.39. The van der Waals surface area contributed by atoms with Crippen LogP contribution in [-0.4, -0.2) is 25.6 Å². The van der Waals surface area contributed by atoms with Crippen molar-refractivity contribution in [3.63, 3.8) is 0 Å². The second-order valence-corrected chi connectivity index (χ2v) is 10.0. The number of aryl methyl sites for hydroxylation is 1. The quantitative estimate of drug-likeness (QED) is 0.152. The maximum atomic E-state index is 14.4. The highest BCUT2D eigenvalue weighted by molar-refractivity contribution is 6.09. The first kappa shape index (κ1) is 27.8. The van der Waals surface area contributed by atoms with Crippen molar-refractivity contribution in [3.8, 4) is 5.75 Å². The molecule has 2 unspecified atom stereocenters. The van der Waals surface area contributed by atoms with Gasteiger partial charge in [-0.25, -0.2) is 4.79 Å². The van der Waals surface area contributed by atoms with Crippen LogP contribution in [-0.2, 0) is 26.4 Å². The predicted octanol–water partition coefficient (Wildman–Crippen LogP) is 7.07. The van der Waals surface area contributed by atoms with Crippen LogP contribution in [0.4, 0.5) is 11.4 Å². The first-order valence-electron chi connectivity index (χ1n) is 13.2. The Balaban J connectivity index is 1.76. The van der Waals surface area contributed by atoms with Gasteiger partial charge in [0, 0.05) is 17.6 Å². The fraction of sp³-hybridized carbons (Fsp3) is 0.312. The predicted molar refractivity (Wildman–Crippen MR) is 152 cm³/mol. The van der Waals surface area contributed by atoms with Gasteiger partial charge in [0.1, 0.15) is 5.75 Å². The summed E-state index contributed by atoms with van der Waals surface area (Å²) in [6, 6.07) is 22.7. The van der Waals surface area contributed by atoms with Crippen LogP contribution in [0.25, 0.3) is 0 Å². The van der Waals surface area contributed by atoms with Crippen molar-refractivity contribution in [2.24, 2.45) is 16.1 Å². The van der Waals surface area contributed by atoms with Crippen LogP contribution in [0.5, 0.6) is 5.75 Å². The van der Waals surface area contributed by atoms with Gasteiger partial charge in [-0.05, 0) is 54.3 Å². The van der Waals surface area contributed by atoms with E-state index in [1.165, 1.54) is 0 Å². The molecule has 1 heterocycles. The van der Waals surface area contributed by atoms with E-state index in [9.17, 15) is 9.59 Å². The number of hydrogen-bond acceptors (Lipinski definition) is 6. The van der Waals surface area contributed by atoms with Gasteiger partial charge >= 0.3 is 5.97 Å². The van der Waals surface area contributed by atoms with Gasteiger partial charge in [0.15, 0.2) is 5.54 Å². The molecule has 0 N–H and O–H groups in total. The maximum absolute atomic E-state index is 14.4. The van der Waals surface area contributed by atoms with E-state index < -0.39 is 11.5 Å². The number of esters is 1. The molecule has 7 nitrogen and oxygen atoms in total. The van der Waals surface area contributed by atoms with Crippen LogP contribution in [0.1, 0.15) is 43.4 Å². The second kappa shape index (κ2) is 12.1. The number of methoxy groups -OCH3 is 1. The normalized spacial score (nSPS) is 17.2. The Bertz CT molecular complexity index is 1370. The van der Waals surface area contributed by atoms with Crippen molar-refractivity contribution in [2.45, 2.75) is 45.7 Å². The SMILES string of the molecule is C=C(CC1(N=Nc2ccc(OC)cc2)C(=O)N(Cc2ccccc2)c2cc(C)ccc21)C(=O)OCC(C)CC. The van der Waals surface area contributed by atoms with E-state index in [0.29, 0.717) is 30.2 Å². The number of nitrogens with zero attached hydrogens (tertiary/aromatic N) is 3. The molecule has 0 radical (unpaired) electrons. The largest absolute Gasteiger partial charge is 0.497 e. The van der Waals surface area contributed by atoms with Crippen molar-refractivity contribution >= 4 is 23.3 Å². The summed E-state index contributed by atoms with van der Waals surface area (Å²) in [5.41, 5.74) is 2.68. The van der Waals surface area contributed by atoms with Crippen molar-refractivity contribution in [1.29, 1.82) is 0 Å². The topological polar surface area (TPSA) is 80.6 Å². The van der Waals surface area contributed by atoms with E-state index in [2.05, 4.69) is 16.8 Å². The van der Waals surface area contributed by atoms with Crippen molar-refractivity contribution < 1.29 is 19.1 Å². The molecule has 3 aromatic carbocycles. The molecular formula is C32H35N3O4. The molecule has 7 heteroatoms. The highest BCUT2D eigenvalue weighted by Crippen LogP contribution is 2.48. The summed E-state index contributed by atoms with van der Waals surface area (Å²) in [6.45, 7) is 10.7. The summed E-state index contributed by atoms with van der Waals surface area (Å²) < 4.78 is 10.8. The second-order valence-electron chi connectivity index (χ2n) is 10.0. The summed E-state index contributed by atoms with van der Waals surface area (Å²) in [7, 11) is 1.59. The van der Waals surface area contributed by atoms with Gasteiger partial charge in [-0.15, -0.1) is 0 Å². The van der Waals surface area contributed by atoms with Gasteiger partial charge in [0.05, 0.1) is 31.6 Å². The molecule has 1 aliphatic rings. The van der Waals surface area contributed by atoms with Crippen LogP contribution >= 0.6 is 0 Å². The first-order valence-corrected chi connectivity index (χ1v) is 13.2. The third kappa shape index (κ3) is 6.08. The minimum Gasteiger partial charge on any atom is -0.497 e. The molecule has 0 bridgehead atoms. The number of azo groups is 1. The number of benzene rings is 3. The van der Waals surface area contributed by atoms with Gasteiger partial charge in [-0.3, -0.25) is 4.79 Å². The van der Waals surface area contributed by atoms with Gasteiger partial charge in [0.2, 0.25) is 0 Å². The molecule has 39 heavy (non-hydrogen) atoms. The maximum Gasteiger partial charge on any atom is 0.333 e. The molecule has 0 aromatic heterocycles. The Hall–Kier alpha value is -4.26. The number of carbonyl (C=O) groups is 2. The Kier molecular flexibility index (Phi) is 8.59. The number of hydrogen-bond donors (Lipinski definition) is 0. The fourth-order valence-electron chi connectivity index (χ4n) is 4.50. The average molecular weight is 526 g/mol. The molecule has 2 atom stereocenters. The summed E-state index contributed by atoms with van der Waals surface area (Å²) >= 11 is 0. The van der Waals surface area contributed by atoms with E-state index in [1.54, 1.807) is 36.3 Å². The third-order valence-corrected chi connectivity index (χ3v) is 7.03. The molecular weight excluding hydrogens is 490 g/mol. The van der Waals surface area contributed by atoms with Gasteiger partial charge < -0.3 is 14.4 Å². The Labute approximate surface area is 230 Å². The van der Waals surface area contributed by atoms with Crippen LogP contribution in [0.2, 0.25) is 0 Å². The molecule has 1 amide bonds. The van der Waals surface area contributed by atoms with Gasteiger partial charge in [-0.1, -0.05) is 69.3 Å². The third-order valence-electron chi connectivity index (χ3n) is 7.03. The first-order chi connectivity index (χ1) is 18.8. The molecule has 0 aliphatic carbocycles. The molecule has 0 saturated carbocycles. The molecule has 1 aliphatic heterocycles. The van der Waals surface area contributed by atoms with Gasteiger partial charge in [0.25, 0.3) is 5.91 Å². The zero-order valence-electron chi connectivity index (χ0n) is 23.0. The highest BCUT2D eigenvalue weighted by Gasteiger charge is 2.52. The van der Waals surface area contributed by atoms with Crippen LogP contribution in [0.15, 0.2) is 95.2 Å². The van der Waals surface area contributed by atoms with Crippen molar-refractivity contribution in [2.75, 3.05) is 18.6 Å². The van der Waals surface area contributed by atoms with E-state index in [0.717, 1.165) is 23.2 Å². The lowest BCUT2D eigenvalue weighted by Gasteiger charge is -2.24. The highest BCUT2D eigenvalue weighted by atomic mass is 16.5. The van der Waals surface area contributed by atoms with E-state index >= 15 is 0 Å². The van der Waals surface area contributed by atoms with Crippen LogP contribution in [0, 0.1) is 12.8 Å².